The molecule has 2 unspecified atom stereocenters. The predicted molar refractivity (Wildman–Crippen MR) is 104 cm³/mol. The van der Waals surface area contributed by atoms with Gasteiger partial charge in [-0.15, -0.1) is 0 Å². The van der Waals surface area contributed by atoms with E-state index in [1.807, 2.05) is 6.07 Å². The molecule has 148 valence electrons. The Balaban J connectivity index is 2.20. The van der Waals surface area contributed by atoms with Crippen LogP contribution in [0.2, 0.25) is 0 Å². The number of aliphatic hydroxyl groups is 2. The fourth-order valence-electron chi connectivity index (χ4n) is 2.89. The number of ether oxygens (including phenoxy) is 2. The van der Waals surface area contributed by atoms with E-state index in [9.17, 15) is 10.2 Å². The van der Waals surface area contributed by atoms with E-state index in [0.717, 1.165) is 5.56 Å². The maximum atomic E-state index is 10.1. The van der Waals surface area contributed by atoms with E-state index in [4.69, 9.17) is 15.2 Å². The Morgan fingerprint density at radius 2 is 1.68 bits per heavy atom. The molecule has 1 aromatic carbocycles. The molecular formula is C18H22N6O4. The van der Waals surface area contributed by atoms with Gasteiger partial charge < -0.3 is 30.3 Å². The van der Waals surface area contributed by atoms with Gasteiger partial charge in [0.2, 0.25) is 5.95 Å². The third kappa shape index (κ3) is 3.59. The molecule has 0 saturated carbocycles. The van der Waals surface area contributed by atoms with Crippen LogP contribution in [0, 0.1) is 0 Å². The number of nitrogen functional groups attached to an aromatic ring is 1. The molecule has 10 heteroatoms. The summed E-state index contributed by atoms with van der Waals surface area (Å²) in [7, 11) is 3.10. The molecular weight excluding hydrogens is 364 g/mol. The third-order valence-electron chi connectivity index (χ3n) is 4.13. The lowest BCUT2D eigenvalue weighted by Crippen LogP contribution is -2.41. The quantitative estimate of drug-likeness (QED) is 0.529. The minimum absolute atomic E-state index is 0.0398. The molecule has 10 nitrogen and oxygen atoms in total. The van der Waals surface area contributed by atoms with Crippen molar-refractivity contribution in [3.8, 4) is 22.8 Å². The number of aromatic nitrogens is 4. The zero-order valence-corrected chi connectivity index (χ0v) is 16.0. The lowest BCUT2D eigenvalue weighted by atomic mass is 10.1. The average Bonchev–Trinajstić information content (AvgIpc) is 2.66. The van der Waals surface area contributed by atoms with Crippen molar-refractivity contribution in [2.45, 2.75) is 26.3 Å². The van der Waals surface area contributed by atoms with Crippen LogP contribution in [-0.4, -0.2) is 56.8 Å². The summed E-state index contributed by atoms with van der Waals surface area (Å²) in [4.78, 5) is 18.5. The number of methoxy groups -OCH3 is 2. The topological polar surface area (TPSA) is 140 Å². The average molecular weight is 386 g/mol. The highest BCUT2D eigenvalue weighted by Gasteiger charge is 2.23. The van der Waals surface area contributed by atoms with Gasteiger partial charge in [-0.3, -0.25) is 0 Å². The zero-order valence-electron chi connectivity index (χ0n) is 16.0. The van der Waals surface area contributed by atoms with Crippen LogP contribution < -0.4 is 20.1 Å². The van der Waals surface area contributed by atoms with E-state index in [-0.39, 0.29) is 17.4 Å². The van der Waals surface area contributed by atoms with Crippen LogP contribution >= 0.6 is 0 Å². The number of hydrogen-bond donors (Lipinski definition) is 3. The first-order chi connectivity index (χ1) is 13.3. The molecule has 0 spiro atoms. The molecule has 0 aliphatic heterocycles. The second-order valence-electron chi connectivity index (χ2n) is 6.07. The second kappa shape index (κ2) is 7.79. The van der Waals surface area contributed by atoms with E-state index >= 15 is 0 Å². The fraction of sp³-hybridized carbons (Fsp3) is 0.333. The summed E-state index contributed by atoms with van der Waals surface area (Å²) in [5.74, 6) is 1.28. The molecule has 0 bridgehead atoms. The number of hydrogen-bond acceptors (Lipinski definition) is 10. The van der Waals surface area contributed by atoms with Crippen molar-refractivity contribution in [1.29, 1.82) is 0 Å². The second-order valence-corrected chi connectivity index (χ2v) is 6.07. The van der Waals surface area contributed by atoms with E-state index in [1.165, 1.54) is 18.7 Å². The van der Waals surface area contributed by atoms with Crippen LogP contribution in [-0.2, 0) is 0 Å². The molecule has 0 aliphatic rings. The maximum Gasteiger partial charge on any atom is 0.224 e. The van der Waals surface area contributed by atoms with Crippen LogP contribution in [0.25, 0.3) is 22.4 Å². The Labute approximate surface area is 161 Å². The van der Waals surface area contributed by atoms with Gasteiger partial charge in [-0.1, -0.05) is 0 Å². The summed E-state index contributed by atoms with van der Waals surface area (Å²) < 4.78 is 10.6. The largest absolute Gasteiger partial charge is 0.493 e. The number of fused-ring (bicyclic) bond motifs is 1. The first kappa shape index (κ1) is 19.5. The molecule has 0 radical (unpaired) electrons. The van der Waals surface area contributed by atoms with Gasteiger partial charge in [-0.05, 0) is 32.0 Å². The summed E-state index contributed by atoms with van der Waals surface area (Å²) in [5, 5.41) is 20.2. The van der Waals surface area contributed by atoms with Crippen molar-refractivity contribution >= 4 is 22.9 Å². The van der Waals surface area contributed by atoms with Gasteiger partial charge in [0, 0.05) is 5.56 Å². The highest BCUT2D eigenvalue weighted by Crippen LogP contribution is 2.33. The molecule has 2 atom stereocenters. The smallest absolute Gasteiger partial charge is 0.224 e. The highest BCUT2D eigenvalue weighted by molar-refractivity contribution is 5.86. The highest BCUT2D eigenvalue weighted by atomic mass is 16.5. The summed E-state index contributed by atoms with van der Waals surface area (Å²) in [6.45, 7) is 3.00. The molecule has 0 saturated heterocycles. The van der Waals surface area contributed by atoms with Gasteiger partial charge in [-0.2, -0.15) is 9.97 Å². The minimum atomic E-state index is -1.04. The van der Waals surface area contributed by atoms with Crippen LogP contribution in [0.5, 0.6) is 11.5 Å². The number of nitrogens with zero attached hydrogens (tertiary/aromatic N) is 5. The molecule has 28 heavy (non-hydrogen) atoms. The zero-order chi connectivity index (χ0) is 20.4. The van der Waals surface area contributed by atoms with Crippen molar-refractivity contribution in [3.05, 3.63) is 24.4 Å². The number of anilines is 2. The van der Waals surface area contributed by atoms with Gasteiger partial charge in [0.15, 0.2) is 28.5 Å². The Hall–Kier alpha value is -3.24. The number of rotatable bonds is 6. The van der Waals surface area contributed by atoms with Crippen LogP contribution in [0.3, 0.4) is 0 Å². The van der Waals surface area contributed by atoms with Gasteiger partial charge in [-0.25, -0.2) is 9.97 Å². The first-order valence-corrected chi connectivity index (χ1v) is 8.52. The lowest BCUT2D eigenvalue weighted by molar-refractivity contribution is 0.104. The van der Waals surface area contributed by atoms with Crippen molar-refractivity contribution in [2.24, 2.45) is 0 Å². The summed E-state index contributed by atoms with van der Waals surface area (Å²) in [5.41, 5.74) is 7.57. The Morgan fingerprint density at radius 1 is 1.00 bits per heavy atom. The van der Waals surface area contributed by atoms with Gasteiger partial charge in [0.05, 0.1) is 26.1 Å². The molecule has 0 amide bonds. The van der Waals surface area contributed by atoms with Crippen LogP contribution in [0.1, 0.15) is 13.8 Å². The Morgan fingerprint density at radius 3 is 2.29 bits per heavy atom. The van der Waals surface area contributed by atoms with E-state index in [0.29, 0.717) is 22.7 Å². The normalized spacial score (nSPS) is 13.2. The molecule has 2 heterocycles. The molecule has 3 aromatic rings. The van der Waals surface area contributed by atoms with Gasteiger partial charge in [0.1, 0.15) is 12.5 Å². The summed E-state index contributed by atoms with van der Waals surface area (Å²) in [6, 6.07) is 5.35. The number of benzene rings is 1. The maximum absolute atomic E-state index is 10.1. The van der Waals surface area contributed by atoms with Crippen LogP contribution in [0.4, 0.5) is 11.8 Å². The van der Waals surface area contributed by atoms with Crippen molar-refractivity contribution in [3.63, 3.8) is 0 Å². The molecule has 0 fully saturated rings. The monoisotopic (exact) mass is 386 g/mol. The fourth-order valence-corrected chi connectivity index (χ4v) is 2.89. The minimum Gasteiger partial charge on any atom is -0.493 e. The number of aliphatic hydroxyl groups excluding tert-OH is 2. The molecule has 0 aliphatic carbocycles. The standard InChI is InChI=1S/C18H22N6O4/c1-9(25)24(10(2)26)17-15-16(22-18(19)23-17)20-8-12(21-15)11-5-6-13(27-3)14(7-11)28-4/h5-10,25-26H,1-4H3,(H2,19,20,22,23). The number of nitrogens with two attached hydrogens (primary N) is 1. The molecule has 3 rings (SSSR count). The summed E-state index contributed by atoms with van der Waals surface area (Å²) >= 11 is 0. The molecule has 4 N–H and O–H groups in total. The van der Waals surface area contributed by atoms with E-state index < -0.39 is 12.5 Å². The van der Waals surface area contributed by atoms with Crippen LogP contribution in [0.15, 0.2) is 24.4 Å². The summed E-state index contributed by atoms with van der Waals surface area (Å²) in [6.07, 6.45) is -0.525. The van der Waals surface area contributed by atoms with Crippen molar-refractivity contribution in [1.82, 2.24) is 19.9 Å². The third-order valence-corrected chi connectivity index (χ3v) is 4.13. The van der Waals surface area contributed by atoms with Crippen molar-refractivity contribution < 1.29 is 19.7 Å². The molecule has 2 aromatic heterocycles. The Kier molecular flexibility index (Phi) is 5.43. The van der Waals surface area contributed by atoms with E-state index in [2.05, 4.69) is 19.9 Å². The van der Waals surface area contributed by atoms with E-state index in [1.54, 1.807) is 32.5 Å². The van der Waals surface area contributed by atoms with Gasteiger partial charge >= 0.3 is 0 Å². The lowest BCUT2D eigenvalue weighted by Gasteiger charge is -2.29. The van der Waals surface area contributed by atoms with Gasteiger partial charge in [0.25, 0.3) is 0 Å². The predicted octanol–water partition coefficient (Wildman–Crippen LogP) is 1.17. The SMILES string of the molecule is COc1ccc(-c2cnc3nc(N)nc(N(C(C)O)C(C)O)c3n2)cc1OC. The first-order valence-electron chi connectivity index (χ1n) is 8.52. The van der Waals surface area contributed by atoms with Crippen molar-refractivity contribution in [2.75, 3.05) is 24.9 Å². The Bertz CT molecular complexity index is 987.